The lowest BCUT2D eigenvalue weighted by molar-refractivity contribution is -0.139. The molecule has 0 spiro atoms. The summed E-state index contributed by atoms with van der Waals surface area (Å²) < 4.78 is 27.1. The Kier molecular flexibility index (Phi) is 8.76. The number of nitrogens with one attached hydrogen (secondary N) is 1. The Bertz CT molecular complexity index is 1100. The first-order chi connectivity index (χ1) is 16.0. The summed E-state index contributed by atoms with van der Waals surface area (Å²) in [6.45, 7) is 3.40. The lowest BCUT2D eigenvalue weighted by Gasteiger charge is -2.32. The molecule has 1 N–H and O–H groups in total. The van der Waals surface area contributed by atoms with Crippen LogP contribution in [0.1, 0.15) is 43.7 Å². The number of anilines is 1. The predicted octanol–water partition coefficient (Wildman–Crippen LogP) is 4.00. The zero-order valence-electron chi connectivity index (χ0n) is 19.8. The number of carbonyl (C=O) groups is 2. The van der Waals surface area contributed by atoms with Gasteiger partial charge in [0, 0.05) is 17.1 Å². The summed E-state index contributed by atoms with van der Waals surface area (Å²) in [7, 11) is -3.72. The summed E-state index contributed by atoms with van der Waals surface area (Å²) in [6, 6.07) is 13.8. The summed E-state index contributed by atoms with van der Waals surface area (Å²) in [6.07, 6.45) is 5.12. The first-order valence-electron chi connectivity index (χ1n) is 11.4. The van der Waals surface area contributed by atoms with Crippen molar-refractivity contribution in [2.24, 2.45) is 0 Å². The Hall–Kier alpha value is -2.39. The Balaban J connectivity index is 1.86. The fourth-order valence-corrected chi connectivity index (χ4v) is 5.20. The van der Waals surface area contributed by atoms with Crippen molar-refractivity contribution in [2.45, 2.75) is 58.2 Å². The van der Waals surface area contributed by atoms with Gasteiger partial charge < -0.3 is 10.2 Å². The molecule has 0 saturated heterocycles. The van der Waals surface area contributed by atoms with Gasteiger partial charge in [-0.15, -0.1) is 0 Å². The van der Waals surface area contributed by atoms with E-state index in [1.165, 1.54) is 4.90 Å². The summed E-state index contributed by atoms with van der Waals surface area (Å²) in [5.74, 6) is -0.665. The zero-order chi connectivity index (χ0) is 24.9. The molecule has 1 aliphatic carbocycles. The number of nitrogens with zero attached hydrogens (tertiary/aromatic N) is 2. The monoisotopic (exact) mass is 549 g/mol. The van der Waals surface area contributed by atoms with Crippen LogP contribution in [0.15, 0.2) is 53.0 Å². The molecular weight excluding hydrogens is 518 g/mol. The van der Waals surface area contributed by atoms with Crippen LogP contribution in [0.25, 0.3) is 0 Å². The first-order valence-corrected chi connectivity index (χ1v) is 14.1. The van der Waals surface area contributed by atoms with Crippen LogP contribution in [0.4, 0.5) is 5.69 Å². The van der Waals surface area contributed by atoms with Crippen molar-refractivity contribution < 1.29 is 18.0 Å². The van der Waals surface area contributed by atoms with E-state index in [-0.39, 0.29) is 25.0 Å². The van der Waals surface area contributed by atoms with Gasteiger partial charge in [0.25, 0.3) is 0 Å². The second-order valence-electron chi connectivity index (χ2n) is 8.92. The van der Waals surface area contributed by atoms with Gasteiger partial charge in [-0.2, -0.15) is 0 Å². The Morgan fingerprint density at radius 1 is 1.06 bits per heavy atom. The van der Waals surface area contributed by atoms with Crippen LogP contribution < -0.4 is 9.62 Å². The largest absolute Gasteiger partial charge is 0.352 e. The molecule has 0 aromatic heterocycles. The molecule has 9 heteroatoms. The van der Waals surface area contributed by atoms with Crippen LogP contribution in [-0.2, 0) is 26.2 Å². The Morgan fingerprint density at radius 2 is 1.65 bits per heavy atom. The second-order valence-corrected chi connectivity index (χ2v) is 11.7. The topological polar surface area (TPSA) is 86.8 Å². The SMILES string of the molecule is Cc1ccc(N(CC(=O)N(Cc2ccc(Br)cc2)[C@@H](C)C(=O)NC2CCCC2)S(C)(=O)=O)cc1. The van der Waals surface area contributed by atoms with Crippen LogP contribution >= 0.6 is 15.9 Å². The van der Waals surface area contributed by atoms with Crippen molar-refractivity contribution in [2.75, 3.05) is 17.1 Å². The fraction of sp³-hybridized carbons (Fsp3) is 0.440. The highest BCUT2D eigenvalue weighted by molar-refractivity contribution is 9.10. The van der Waals surface area contributed by atoms with E-state index >= 15 is 0 Å². The standard InChI is InChI=1S/C25H32BrN3O4S/c1-18-8-14-23(15-9-18)29(34(3,32)33)17-24(30)28(16-20-10-12-21(26)13-11-20)19(2)25(31)27-22-6-4-5-7-22/h8-15,19,22H,4-7,16-17H2,1-3H3,(H,27,31)/t19-/m0/s1. The van der Waals surface area contributed by atoms with Crippen molar-refractivity contribution >= 4 is 43.5 Å². The van der Waals surface area contributed by atoms with E-state index in [9.17, 15) is 18.0 Å². The number of benzene rings is 2. The quantitative estimate of drug-likeness (QED) is 0.512. The lowest BCUT2D eigenvalue weighted by atomic mass is 10.1. The van der Waals surface area contributed by atoms with Crippen molar-refractivity contribution in [3.63, 3.8) is 0 Å². The smallest absolute Gasteiger partial charge is 0.244 e. The van der Waals surface area contributed by atoms with Gasteiger partial charge in [-0.05, 0) is 56.5 Å². The van der Waals surface area contributed by atoms with Crippen molar-refractivity contribution in [3.8, 4) is 0 Å². The van der Waals surface area contributed by atoms with Gasteiger partial charge in [-0.3, -0.25) is 13.9 Å². The maximum absolute atomic E-state index is 13.5. The Morgan fingerprint density at radius 3 is 2.21 bits per heavy atom. The number of hydrogen-bond acceptors (Lipinski definition) is 4. The summed E-state index contributed by atoms with van der Waals surface area (Å²) in [5.41, 5.74) is 2.24. The molecule has 2 amide bonds. The number of hydrogen-bond donors (Lipinski definition) is 1. The van der Waals surface area contributed by atoms with E-state index in [0.29, 0.717) is 5.69 Å². The van der Waals surface area contributed by atoms with E-state index in [4.69, 9.17) is 0 Å². The molecule has 184 valence electrons. The summed E-state index contributed by atoms with van der Waals surface area (Å²) in [4.78, 5) is 28.0. The maximum Gasteiger partial charge on any atom is 0.244 e. The predicted molar refractivity (Wildman–Crippen MR) is 138 cm³/mol. The summed E-state index contributed by atoms with van der Waals surface area (Å²) >= 11 is 3.41. The first kappa shape index (κ1) is 26.2. The molecule has 0 radical (unpaired) electrons. The molecule has 0 unspecified atom stereocenters. The van der Waals surface area contributed by atoms with Crippen LogP contribution in [0.2, 0.25) is 0 Å². The molecule has 1 aliphatic rings. The van der Waals surface area contributed by atoms with Crippen LogP contribution in [0.5, 0.6) is 0 Å². The van der Waals surface area contributed by atoms with E-state index in [1.807, 2.05) is 31.2 Å². The van der Waals surface area contributed by atoms with E-state index < -0.39 is 22.0 Å². The number of aryl methyl sites for hydroxylation is 1. The van der Waals surface area contributed by atoms with Gasteiger partial charge in [0.2, 0.25) is 21.8 Å². The number of halogens is 1. The number of sulfonamides is 1. The van der Waals surface area contributed by atoms with Crippen molar-refractivity contribution in [3.05, 3.63) is 64.1 Å². The van der Waals surface area contributed by atoms with Gasteiger partial charge in [-0.1, -0.05) is 58.6 Å². The molecule has 0 bridgehead atoms. The number of amides is 2. The average Bonchev–Trinajstić information content (AvgIpc) is 3.29. The van der Waals surface area contributed by atoms with Crippen LogP contribution in [0, 0.1) is 6.92 Å². The number of carbonyl (C=O) groups excluding carboxylic acids is 2. The normalized spacial score (nSPS) is 15.1. The van der Waals surface area contributed by atoms with Gasteiger partial charge >= 0.3 is 0 Å². The molecule has 1 fully saturated rings. The van der Waals surface area contributed by atoms with Crippen molar-refractivity contribution in [1.82, 2.24) is 10.2 Å². The second kappa shape index (κ2) is 11.4. The molecule has 0 heterocycles. The number of rotatable bonds is 9. The maximum atomic E-state index is 13.5. The molecule has 2 aromatic carbocycles. The minimum atomic E-state index is -3.72. The van der Waals surface area contributed by atoms with Gasteiger partial charge in [0.1, 0.15) is 12.6 Å². The fourth-order valence-electron chi connectivity index (χ4n) is 4.09. The Labute approximate surface area is 210 Å². The van der Waals surface area contributed by atoms with E-state index in [2.05, 4.69) is 21.2 Å². The molecule has 2 aromatic rings. The van der Waals surface area contributed by atoms with E-state index in [0.717, 1.165) is 51.8 Å². The molecular formula is C25H32BrN3O4S. The molecule has 1 atom stereocenters. The molecule has 1 saturated carbocycles. The molecule has 34 heavy (non-hydrogen) atoms. The highest BCUT2D eigenvalue weighted by Gasteiger charge is 2.31. The highest BCUT2D eigenvalue weighted by atomic mass is 79.9. The summed E-state index contributed by atoms with van der Waals surface area (Å²) in [5, 5.41) is 3.06. The van der Waals surface area contributed by atoms with Crippen LogP contribution in [-0.4, -0.2) is 50.0 Å². The van der Waals surface area contributed by atoms with Gasteiger partial charge in [0.15, 0.2) is 0 Å². The minimum Gasteiger partial charge on any atom is -0.352 e. The minimum absolute atomic E-state index is 0.125. The van der Waals surface area contributed by atoms with Gasteiger partial charge in [-0.25, -0.2) is 8.42 Å². The van der Waals surface area contributed by atoms with Crippen molar-refractivity contribution in [1.29, 1.82) is 0 Å². The molecule has 0 aliphatic heterocycles. The van der Waals surface area contributed by atoms with Crippen LogP contribution in [0.3, 0.4) is 0 Å². The third-order valence-corrected chi connectivity index (χ3v) is 7.81. The molecule has 7 nitrogen and oxygen atoms in total. The van der Waals surface area contributed by atoms with E-state index in [1.54, 1.807) is 31.2 Å². The highest BCUT2D eigenvalue weighted by Crippen LogP contribution is 2.21. The lowest BCUT2D eigenvalue weighted by Crippen LogP contribution is -2.52. The average molecular weight is 551 g/mol. The molecule has 3 rings (SSSR count). The van der Waals surface area contributed by atoms with Gasteiger partial charge in [0.05, 0.1) is 11.9 Å². The third kappa shape index (κ3) is 7.06. The third-order valence-electron chi connectivity index (χ3n) is 6.14. The zero-order valence-corrected chi connectivity index (χ0v) is 22.2.